The highest BCUT2D eigenvalue weighted by Gasteiger charge is 2.33. The molecule has 128 valence electrons. The fraction of sp³-hybridized carbons (Fsp3) is 0.412. The third-order valence-electron chi connectivity index (χ3n) is 4.09. The molecule has 0 saturated carbocycles. The average Bonchev–Trinajstić information content (AvgIpc) is 3.19. The first-order chi connectivity index (χ1) is 11.6. The molecule has 0 aromatic heterocycles. The molecule has 1 aromatic rings. The number of thiocarbonyl (C=S) groups is 1. The van der Waals surface area contributed by atoms with Crippen molar-refractivity contribution in [3.63, 3.8) is 0 Å². The van der Waals surface area contributed by atoms with E-state index in [1.54, 1.807) is 31.3 Å². The van der Waals surface area contributed by atoms with Crippen molar-refractivity contribution in [3.05, 3.63) is 29.5 Å². The number of carbonyl (C=O) groups is 1. The minimum atomic E-state index is -0.134. The van der Waals surface area contributed by atoms with E-state index in [2.05, 4.69) is 5.32 Å². The first-order valence-corrected chi connectivity index (χ1v) is 8.21. The second-order valence-corrected chi connectivity index (χ2v) is 6.04. The van der Waals surface area contributed by atoms with E-state index in [1.165, 1.54) is 0 Å². The summed E-state index contributed by atoms with van der Waals surface area (Å²) in [6.07, 6.45) is 3.81. The summed E-state index contributed by atoms with van der Waals surface area (Å²) in [6.45, 7) is 1.25. The van der Waals surface area contributed by atoms with Gasteiger partial charge in [-0.2, -0.15) is 0 Å². The van der Waals surface area contributed by atoms with E-state index in [-0.39, 0.29) is 12.0 Å². The number of carbonyl (C=O) groups excluding carboxylic acids is 1. The molecule has 0 spiro atoms. The molecular formula is C17H20N2O4S. The number of benzene rings is 1. The maximum atomic E-state index is 12.6. The largest absolute Gasteiger partial charge is 0.493 e. The van der Waals surface area contributed by atoms with Crippen molar-refractivity contribution in [1.82, 2.24) is 10.2 Å². The van der Waals surface area contributed by atoms with Crippen LogP contribution in [0.15, 0.2) is 23.9 Å². The molecule has 1 atom stereocenters. The Morgan fingerprint density at radius 1 is 1.38 bits per heavy atom. The van der Waals surface area contributed by atoms with Gasteiger partial charge in [-0.1, -0.05) is 6.07 Å². The zero-order chi connectivity index (χ0) is 17.1. The molecule has 24 heavy (non-hydrogen) atoms. The monoisotopic (exact) mass is 348 g/mol. The van der Waals surface area contributed by atoms with Gasteiger partial charge in [0.05, 0.1) is 26.9 Å². The molecule has 2 heterocycles. The summed E-state index contributed by atoms with van der Waals surface area (Å²) >= 11 is 5.29. The Morgan fingerprint density at radius 2 is 2.17 bits per heavy atom. The second kappa shape index (κ2) is 7.19. The third kappa shape index (κ3) is 3.37. The van der Waals surface area contributed by atoms with Gasteiger partial charge in [0.25, 0.3) is 5.91 Å². The van der Waals surface area contributed by atoms with E-state index in [1.807, 2.05) is 12.1 Å². The predicted molar refractivity (Wildman–Crippen MR) is 93.9 cm³/mol. The van der Waals surface area contributed by atoms with Crippen LogP contribution < -0.4 is 14.8 Å². The average molecular weight is 348 g/mol. The summed E-state index contributed by atoms with van der Waals surface area (Å²) in [4.78, 5) is 14.1. The van der Waals surface area contributed by atoms with Crippen LogP contribution in [0.25, 0.3) is 6.08 Å². The molecule has 6 nitrogen and oxygen atoms in total. The number of nitrogens with zero attached hydrogens (tertiary/aromatic N) is 1. The smallest absolute Gasteiger partial charge is 0.276 e. The van der Waals surface area contributed by atoms with Gasteiger partial charge in [-0.05, 0) is 48.8 Å². The van der Waals surface area contributed by atoms with Gasteiger partial charge in [0, 0.05) is 6.61 Å². The van der Waals surface area contributed by atoms with Crippen molar-refractivity contribution in [2.75, 3.05) is 27.4 Å². The maximum absolute atomic E-state index is 12.6. The lowest BCUT2D eigenvalue weighted by Crippen LogP contribution is -2.37. The summed E-state index contributed by atoms with van der Waals surface area (Å²) in [5.41, 5.74) is 1.27. The molecule has 0 aliphatic carbocycles. The second-order valence-electron chi connectivity index (χ2n) is 5.65. The van der Waals surface area contributed by atoms with Crippen LogP contribution in [0.4, 0.5) is 0 Å². The number of hydrogen-bond acceptors (Lipinski definition) is 5. The summed E-state index contributed by atoms with van der Waals surface area (Å²) in [5.74, 6) is 1.11. The Hall–Kier alpha value is -2.12. The lowest BCUT2D eigenvalue weighted by atomic mass is 10.1. The summed E-state index contributed by atoms with van der Waals surface area (Å²) in [6, 6.07) is 5.47. The summed E-state index contributed by atoms with van der Waals surface area (Å²) in [5, 5.41) is 3.40. The van der Waals surface area contributed by atoms with Gasteiger partial charge in [-0.25, -0.2) is 0 Å². The molecule has 0 bridgehead atoms. The highest BCUT2D eigenvalue weighted by Crippen LogP contribution is 2.29. The highest BCUT2D eigenvalue weighted by atomic mass is 32.1. The quantitative estimate of drug-likeness (QED) is 0.648. The molecule has 7 heteroatoms. The lowest BCUT2D eigenvalue weighted by Gasteiger charge is -2.18. The van der Waals surface area contributed by atoms with Crippen molar-refractivity contribution < 1.29 is 19.0 Å². The number of methoxy groups -OCH3 is 2. The zero-order valence-corrected chi connectivity index (χ0v) is 14.5. The van der Waals surface area contributed by atoms with E-state index in [0.717, 1.165) is 25.0 Å². The maximum Gasteiger partial charge on any atom is 0.276 e. The Bertz CT molecular complexity index is 683. The Labute approximate surface area is 146 Å². The van der Waals surface area contributed by atoms with Crippen LogP contribution in [-0.2, 0) is 9.53 Å². The van der Waals surface area contributed by atoms with Gasteiger partial charge in [0.15, 0.2) is 16.6 Å². The minimum Gasteiger partial charge on any atom is -0.493 e. The number of nitrogens with one attached hydrogen (secondary N) is 1. The molecule has 1 amide bonds. The van der Waals surface area contributed by atoms with Gasteiger partial charge >= 0.3 is 0 Å². The number of rotatable bonds is 5. The van der Waals surface area contributed by atoms with Crippen molar-refractivity contribution in [2.45, 2.75) is 18.9 Å². The van der Waals surface area contributed by atoms with E-state index in [4.69, 9.17) is 26.4 Å². The molecule has 2 fully saturated rings. The molecule has 2 saturated heterocycles. The minimum absolute atomic E-state index is 0.0640. The highest BCUT2D eigenvalue weighted by molar-refractivity contribution is 7.80. The molecule has 1 aromatic carbocycles. The lowest BCUT2D eigenvalue weighted by molar-refractivity contribution is -0.123. The SMILES string of the molecule is COc1ccc(/C=C2/NC(=S)N(C[C@@H]3CCCO3)C2=O)cc1OC. The van der Waals surface area contributed by atoms with E-state index >= 15 is 0 Å². The van der Waals surface area contributed by atoms with E-state index in [9.17, 15) is 4.79 Å². The van der Waals surface area contributed by atoms with Crippen LogP contribution in [0.5, 0.6) is 11.5 Å². The van der Waals surface area contributed by atoms with Crippen LogP contribution in [0.3, 0.4) is 0 Å². The van der Waals surface area contributed by atoms with Crippen LogP contribution in [0.1, 0.15) is 18.4 Å². The molecule has 2 aliphatic heterocycles. The van der Waals surface area contributed by atoms with Crippen LogP contribution in [-0.4, -0.2) is 49.4 Å². The molecule has 0 radical (unpaired) electrons. The Kier molecular flexibility index (Phi) is 5.01. The van der Waals surface area contributed by atoms with Crippen LogP contribution >= 0.6 is 12.2 Å². The van der Waals surface area contributed by atoms with Crippen molar-refractivity contribution in [2.24, 2.45) is 0 Å². The Morgan fingerprint density at radius 3 is 2.83 bits per heavy atom. The van der Waals surface area contributed by atoms with Crippen molar-refractivity contribution in [3.8, 4) is 11.5 Å². The fourth-order valence-electron chi connectivity index (χ4n) is 2.84. The number of hydrogen-bond donors (Lipinski definition) is 1. The van der Waals surface area contributed by atoms with E-state index < -0.39 is 0 Å². The molecule has 3 rings (SSSR count). The van der Waals surface area contributed by atoms with Crippen molar-refractivity contribution >= 4 is 29.3 Å². The van der Waals surface area contributed by atoms with Crippen molar-refractivity contribution in [1.29, 1.82) is 0 Å². The summed E-state index contributed by atoms with van der Waals surface area (Å²) < 4.78 is 16.1. The van der Waals surface area contributed by atoms with Gasteiger partial charge in [-0.15, -0.1) is 0 Å². The summed E-state index contributed by atoms with van der Waals surface area (Å²) in [7, 11) is 3.16. The van der Waals surface area contributed by atoms with Crippen LogP contribution in [0, 0.1) is 0 Å². The Balaban J connectivity index is 1.78. The standard InChI is InChI=1S/C17H20N2O4S/c1-21-14-6-5-11(9-15(14)22-2)8-13-16(20)19(17(24)18-13)10-12-4-3-7-23-12/h5-6,8-9,12H,3-4,7,10H2,1-2H3,(H,18,24)/b13-8+/t12-/m0/s1. The van der Waals surface area contributed by atoms with Gasteiger partial charge in [-0.3, -0.25) is 9.69 Å². The zero-order valence-electron chi connectivity index (χ0n) is 13.7. The topological polar surface area (TPSA) is 60.0 Å². The number of ether oxygens (including phenoxy) is 3. The molecule has 2 aliphatic rings. The van der Waals surface area contributed by atoms with E-state index in [0.29, 0.717) is 28.9 Å². The first kappa shape index (κ1) is 16.7. The molecular weight excluding hydrogens is 328 g/mol. The van der Waals surface area contributed by atoms with Crippen LogP contribution in [0.2, 0.25) is 0 Å². The molecule has 1 N–H and O–H groups in total. The third-order valence-corrected chi connectivity index (χ3v) is 4.41. The number of amides is 1. The first-order valence-electron chi connectivity index (χ1n) is 7.80. The fourth-order valence-corrected chi connectivity index (χ4v) is 3.11. The van der Waals surface area contributed by atoms with Gasteiger partial charge < -0.3 is 19.5 Å². The van der Waals surface area contributed by atoms with Gasteiger partial charge in [0.2, 0.25) is 0 Å². The van der Waals surface area contributed by atoms with Gasteiger partial charge in [0.1, 0.15) is 5.70 Å². The predicted octanol–water partition coefficient (Wildman–Crippen LogP) is 1.94. The normalized spacial score (nSPS) is 22.2. The molecule has 0 unspecified atom stereocenters.